The molecule has 0 radical (unpaired) electrons. The molecule has 4 rings (SSSR count). The molecule has 3 heterocycles. The van der Waals surface area contributed by atoms with Gasteiger partial charge in [-0.3, -0.25) is 9.59 Å². The number of aromatic nitrogens is 4. The third-order valence-electron chi connectivity index (χ3n) is 5.10. The number of nitrogens with zero attached hydrogens (tertiary/aromatic N) is 5. The van der Waals surface area contributed by atoms with Crippen molar-refractivity contribution in [1.29, 1.82) is 0 Å². The summed E-state index contributed by atoms with van der Waals surface area (Å²) in [6.45, 7) is 1.18. The topological polar surface area (TPSA) is 104 Å². The zero-order valence-electron chi connectivity index (χ0n) is 15.2. The van der Waals surface area contributed by atoms with Gasteiger partial charge < -0.3 is 19.5 Å². The van der Waals surface area contributed by atoms with Crippen molar-refractivity contribution in [3.8, 4) is 5.88 Å². The molecule has 2 fully saturated rings. The maximum absolute atomic E-state index is 12.6. The van der Waals surface area contributed by atoms with E-state index in [2.05, 4.69) is 24.8 Å². The second kappa shape index (κ2) is 7.34. The molecule has 0 bridgehead atoms. The van der Waals surface area contributed by atoms with Gasteiger partial charge in [-0.15, -0.1) is 0 Å². The van der Waals surface area contributed by atoms with Crippen molar-refractivity contribution < 1.29 is 9.53 Å². The van der Waals surface area contributed by atoms with Gasteiger partial charge in [-0.2, -0.15) is 0 Å². The molecule has 1 aliphatic carbocycles. The number of methoxy groups -OCH3 is 1. The molecule has 1 saturated carbocycles. The van der Waals surface area contributed by atoms with E-state index >= 15 is 0 Å². The van der Waals surface area contributed by atoms with Crippen molar-refractivity contribution in [2.24, 2.45) is 0 Å². The van der Waals surface area contributed by atoms with E-state index in [1.54, 1.807) is 12.0 Å². The highest BCUT2D eigenvalue weighted by Gasteiger charge is 2.37. The van der Waals surface area contributed by atoms with Gasteiger partial charge >= 0.3 is 0 Å². The number of nitrogens with one attached hydrogen (secondary N) is 1. The second-order valence-electron chi connectivity index (χ2n) is 6.85. The Morgan fingerprint density at radius 1 is 1.19 bits per heavy atom. The molecule has 2 aromatic rings. The fourth-order valence-corrected chi connectivity index (χ4v) is 3.61. The minimum atomic E-state index is -0.447. The van der Waals surface area contributed by atoms with Crippen molar-refractivity contribution in [3.63, 3.8) is 0 Å². The van der Waals surface area contributed by atoms with Gasteiger partial charge in [-0.25, -0.2) is 15.0 Å². The third kappa shape index (κ3) is 3.62. The van der Waals surface area contributed by atoms with E-state index in [-0.39, 0.29) is 11.6 Å². The van der Waals surface area contributed by atoms with Crippen LogP contribution in [-0.4, -0.2) is 63.0 Å². The van der Waals surface area contributed by atoms with Crippen molar-refractivity contribution in [2.75, 3.05) is 25.1 Å². The highest BCUT2D eigenvalue weighted by atomic mass is 16.5. The lowest BCUT2D eigenvalue weighted by atomic mass is 10.0. The first-order valence-electron chi connectivity index (χ1n) is 9.14. The summed E-state index contributed by atoms with van der Waals surface area (Å²) in [5, 5.41) is 0. The van der Waals surface area contributed by atoms with Gasteiger partial charge in [0.05, 0.1) is 7.11 Å². The Kier molecular flexibility index (Phi) is 4.74. The number of anilines is 1. The van der Waals surface area contributed by atoms with Crippen LogP contribution in [0, 0.1) is 0 Å². The monoisotopic (exact) mass is 370 g/mol. The fraction of sp³-hybridized carbons (Fsp3) is 0.500. The van der Waals surface area contributed by atoms with Crippen molar-refractivity contribution in [3.05, 3.63) is 40.8 Å². The highest BCUT2D eigenvalue weighted by molar-refractivity contribution is 5.91. The number of rotatable bonds is 5. The van der Waals surface area contributed by atoms with Crippen LogP contribution >= 0.6 is 0 Å². The molecule has 2 aromatic heterocycles. The first kappa shape index (κ1) is 17.4. The Balaban J connectivity index is 1.46. The average molecular weight is 370 g/mol. The van der Waals surface area contributed by atoms with Crippen LogP contribution in [0.5, 0.6) is 5.88 Å². The average Bonchev–Trinajstić information content (AvgIpc) is 3.54. The van der Waals surface area contributed by atoms with Crippen LogP contribution < -0.4 is 15.2 Å². The zero-order valence-corrected chi connectivity index (χ0v) is 15.2. The standard InChI is InChI=1S/C18H22N6O3/c1-27-15-10-14(21-11-22-15)24(12-2-3-12)13-4-8-23(9-5-13)18(26)16-17(25)20-7-6-19-16/h6-7,10-13H,2-5,8-9H2,1H3,(H,20,25). The number of aromatic amines is 1. The Bertz CT molecular complexity index is 873. The highest BCUT2D eigenvalue weighted by Crippen LogP contribution is 2.36. The predicted octanol–water partition coefficient (Wildman–Crippen LogP) is 0.842. The smallest absolute Gasteiger partial charge is 0.279 e. The third-order valence-corrected chi connectivity index (χ3v) is 5.10. The summed E-state index contributed by atoms with van der Waals surface area (Å²) in [5.74, 6) is 1.11. The number of ether oxygens (including phenoxy) is 1. The Hall–Kier alpha value is -2.97. The van der Waals surface area contributed by atoms with Crippen LogP contribution in [0.3, 0.4) is 0 Å². The lowest BCUT2D eigenvalue weighted by Gasteiger charge is -2.39. The van der Waals surface area contributed by atoms with Crippen LogP contribution in [0.25, 0.3) is 0 Å². The van der Waals surface area contributed by atoms with Crippen molar-refractivity contribution >= 4 is 11.7 Å². The first-order valence-corrected chi connectivity index (χ1v) is 9.14. The summed E-state index contributed by atoms with van der Waals surface area (Å²) in [4.78, 5) is 43.4. The van der Waals surface area contributed by atoms with Crippen molar-refractivity contribution in [1.82, 2.24) is 24.8 Å². The lowest BCUT2D eigenvalue weighted by molar-refractivity contribution is 0.0704. The molecule has 1 amide bonds. The number of amides is 1. The summed E-state index contributed by atoms with van der Waals surface area (Å²) >= 11 is 0. The Labute approximate surface area is 156 Å². The molecule has 1 N–H and O–H groups in total. The molecule has 1 aliphatic heterocycles. The maximum atomic E-state index is 12.6. The number of carbonyl (C=O) groups excluding carboxylic acids is 1. The van der Waals surface area contributed by atoms with Crippen LogP contribution in [0.15, 0.2) is 29.6 Å². The molecule has 27 heavy (non-hydrogen) atoms. The Morgan fingerprint density at radius 3 is 2.59 bits per heavy atom. The van der Waals surface area contributed by atoms with Crippen molar-refractivity contribution in [2.45, 2.75) is 37.8 Å². The second-order valence-corrected chi connectivity index (χ2v) is 6.85. The van der Waals surface area contributed by atoms with E-state index in [0.29, 0.717) is 31.1 Å². The summed E-state index contributed by atoms with van der Waals surface area (Å²) in [5.41, 5.74) is -0.493. The molecule has 1 saturated heterocycles. The minimum absolute atomic E-state index is 0.0458. The molecule has 2 aliphatic rings. The largest absolute Gasteiger partial charge is 0.481 e. The molecule has 0 unspecified atom stereocenters. The van der Waals surface area contributed by atoms with E-state index in [1.165, 1.54) is 18.7 Å². The molecule has 0 atom stereocenters. The fourth-order valence-electron chi connectivity index (χ4n) is 3.61. The molecular weight excluding hydrogens is 348 g/mol. The minimum Gasteiger partial charge on any atom is -0.481 e. The van der Waals surface area contributed by atoms with E-state index < -0.39 is 5.56 Å². The van der Waals surface area contributed by atoms with Gasteiger partial charge in [0.2, 0.25) is 5.88 Å². The van der Waals surface area contributed by atoms with Crippen LogP contribution in [0.2, 0.25) is 0 Å². The van der Waals surface area contributed by atoms with E-state index in [1.807, 2.05) is 6.07 Å². The summed E-state index contributed by atoms with van der Waals surface area (Å²) in [7, 11) is 1.59. The van der Waals surface area contributed by atoms with Gasteiger partial charge in [0.1, 0.15) is 12.1 Å². The molecule has 9 heteroatoms. The molecular formula is C18H22N6O3. The van der Waals surface area contributed by atoms with E-state index in [4.69, 9.17) is 4.74 Å². The van der Waals surface area contributed by atoms with Gasteiger partial charge in [-0.05, 0) is 25.7 Å². The van der Waals surface area contributed by atoms with Crippen LogP contribution in [0.1, 0.15) is 36.2 Å². The van der Waals surface area contributed by atoms with Gasteiger partial charge in [0.15, 0.2) is 5.69 Å². The maximum Gasteiger partial charge on any atom is 0.279 e. The summed E-state index contributed by atoms with van der Waals surface area (Å²) < 4.78 is 5.23. The number of hydrogen-bond donors (Lipinski definition) is 1. The van der Waals surface area contributed by atoms with E-state index in [0.717, 1.165) is 31.5 Å². The van der Waals surface area contributed by atoms with Gasteiger partial charge in [0, 0.05) is 43.6 Å². The number of carbonyl (C=O) groups is 1. The van der Waals surface area contributed by atoms with Crippen LogP contribution in [0.4, 0.5) is 5.82 Å². The summed E-state index contributed by atoms with van der Waals surface area (Å²) in [6.07, 6.45) is 8.31. The number of piperidine rings is 1. The Morgan fingerprint density at radius 2 is 1.93 bits per heavy atom. The molecule has 0 aromatic carbocycles. The van der Waals surface area contributed by atoms with Crippen LogP contribution in [-0.2, 0) is 0 Å². The quantitative estimate of drug-likeness (QED) is 0.832. The lowest BCUT2D eigenvalue weighted by Crippen LogP contribution is -2.48. The normalized spacial score (nSPS) is 17.6. The number of likely N-dealkylation sites (tertiary alicyclic amines) is 1. The SMILES string of the molecule is COc1cc(N(C2CC2)C2CCN(C(=O)c3ncc[nH]c3=O)CC2)ncn1. The van der Waals surface area contributed by atoms with Gasteiger partial charge in [0.25, 0.3) is 11.5 Å². The zero-order chi connectivity index (χ0) is 18.8. The first-order chi connectivity index (χ1) is 13.2. The predicted molar refractivity (Wildman–Crippen MR) is 97.9 cm³/mol. The van der Waals surface area contributed by atoms with E-state index in [9.17, 15) is 9.59 Å². The molecule has 0 spiro atoms. The number of hydrogen-bond acceptors (Lipinski definition) is 7. The molecule has 142 valence electrons. The molecule has 9 nitrogen and oxygen atoms in total. The summed E-state index contributed by atoms with van der Waals surface area (Å²) in [6, 6.07) is 2.64. The van der Waals surface area contributed by atoms with Gasteiger partial charge in [-0.1, -0.05) is 0 Å². The number of H-pyrrole nitrogens is 1.